The van der Waals surface area contributed by atoms with Crippen molar-refractivity contribution in [3.05, 3.63) is 52.3 Å². The molecule has 0 saturated carbocycles. The number of Topliss-reactive ketones (excluding diaryl/α,β-unsaturated/α-hetero) is 1. The second-order valence-corrected chi connectivity index (χ2v) is 7.36. The molecule has 0 unspecified atom stereocenters. The molecule has 31 heavy (non-hydrogen) atoms. The molecular weight excluding hydrogens is 404 g/mol. The third-order valence-electron chi connectivity index (χ3n) is 4.63. The molecule has 2 N–H and O–H groups in total. The molecule has 1 aromatic carbocycles. The van der Waals surface area contributed by atoms with E-state index in [9.17, 15) is 23.2 Å². The highest BCUT2D eigenvalue weighted by atomic mass is 19.2. The van der Waals surface area contributed by atoms with E-state index in [1.165, 1.54) is 17.6 Å². The quantitative estimate of drug-likeness (QED) is 0.424. The minimum absolute atomic E-state index is 0.0100. The summed E-state index contributed by atoms with van der Waals surface area (Å²) in [5, 5.41) is 4.90. The van der Waals surface area contributed by atoms with Gasteiger partial charge in [0, 0.05) is 17.4 Å². The highest BCUT2D eigenvalue weighted by Crippen LogP contribution is 2.25. The van der Waals surface area contributed by atoms with Crippen LogP contribution in [0, 0.1) is 50.2 Å². The number of hydrogen-bond donors (Lipinski definition) is 2. The molecule has 0 spiro atoms. The maximum atomic E-state index is 13.5. The van der Waals surface area contributed by atoms with E-state index in [4.69, 9.17) is 12.8 Å². The minimum Gasteiger partial charge on any atom is -0.333 e. The average molecular weight is 425 g/mol. The second-order valence-electron chi connectivity index (χ2n) is 7.36. The van der Waals surface area contributed by atoms with Gasteiger partial charge in [0.05, 0.1) is 17.6 Å². The summed E-state index contributed by atoms with van der Waals surface area (Å²) in [4.78, 5) is 38.2. The fourth-order valence-electron chi connectivity index (χ4n) is 3.07. The van der Waals surface area contributed by atoms with Crippen LogP contribution in [0.3, 0.4) is 0 Å². The molecule has 160 valence electrons. The maximum absolute atomic E-state index is 13.5. The molecule has 2 rings (SSSR count). The third-order valence-corrected chi connectivity index (χ3v) is 4.63. The predicted molar refractivity (Wildman–Crippen MR) is 112 cm³/mol. The Morgan fingerprint density at radius 1 is 1.13 bits per heavy atom. The number of halogens is 2. The number of benzene rings is 1. The zero-order chi connectivity index (χ0) is 23.5. The summed E-state index contributed by atoms with van der Waals surface area (Å²) < 4.78 is 28.0. The summed E-state index contributed by atoms with van der Waals surface area (Å²) in [5.41, 5.74) is -0.488. The van der Waals surface area contributed by atoms with Crippen molar-refractivity contribution in [2.45, 2.75) is 39.8 Å². The van der Waals surface area contributed by atoms with E-state index in [0.29, 0.717) is 5.69 Å². The lowest BCUT2D eigenvalue weighted by molar-refractivity contribution is -0.118. The molecule has 0 radical (unpaired) electrons. The van der Waals surface area contributed by atoms with Crippen molar-refractivity contribution in [1.29, 1.82) is 0 Å². The van der Waals surface area contributed by atoms with Gasteiger partial charge >= 0.3 is 0 Å². The Balaban J connectivity index is 2.49. The van der Waals surface area contributed by atoms with E-state index in [-0.39, 0.29) is 29.1 Å². The Bertz CT molecular complexity index is 1160. The van der Waals surface area contributed by atoms with Gasteiger partial charge in [-0.05, 0) is 45.4 Å². The first kappa shape index (κ1) is 23.4. The Kier molecular flexibility index (Phi) is 6.67. The van der Waals surface area contributed by atoms with E-state index in [0.717, 1.165) is 12.1 Å². The lowest BCUT2D eigenvalue weighted by atomic mass is 10.0. The normalized spacial score (nSPS) is 10.7. The van der Waals surface area contributed by atoms with Gasteiger partial charge in [0.15, 0.2) is 11.6 Å². The summed E-state index contributed by atoms with van der Waals surface area (Å²) in [6, 6.07) is 2.88. The Morgan fingerprint density at radius 3 is 2.32 bits per heavy atom. The van der Waals surface area contributed by atoms with Crippen molar-refractivity contribution < 1.29 is 23.2 Å². The molecule has 1 heterocycles. The van der Waals surface area contributed by atoms with Crippen LogP contribution in [-0.2, 0) is 11.3 Å². The van der Waals surface area contributed by atoms with Crippen LogP contribution in [0.15, 0.2) is 18.2 Å². The first-order valence-corrected chi connectivity index (χ1v) is 9.17. The summed E-state index contributed by atoms with van der Waals surface area (Å²) >= 11 is 0. The number of rotatable bonds is 6. The largest absolute Gasteiger partial charge is 0.333 e. The van der Waals surface area contributed by atoms with Crippen molar-refractivity contribution in [2.24, 2.45) is 0 Å². The average Bonchev–Trinajstić information content (AvgIpc) is 2.94. The van der Waals surface area contributed by atoms with Gasteiger partial charge in [-0.25, -0.2) is 8.78 Å². The van der Waals surface area contributed by atoms with Crippen molar-refractivity contribution in [3.63, 3.8) is 0 Å². The molecule has 6 nitrogen and oxygen atoms in total. The molecule has 0 bridgehead atoms. The number of terminal acetylenes is 2. The molecule has 0 aliphatic carbocycles. The molecule has 0 aliphatic rings. The number of aromatic nitrogens is 1. The molecular formula is C23H21F2N3O3. The van der Waals surface area contributed by atoms with Gasteiger partial charge in [0.2, 0.25) is 0 Å². The van der Waals surface area contributed by atoms with Gasteiger partial charge in [-0.3, -0.25) is 14.4 Å². The van der Waals surface area contributed by atoms with Crippen molar-refractivity contribution in [3.8, 4) is 24.7 Å². The fourth-order valence-corrected chi connectivity index (χ4v) is 3.07. The number of ketones is 1. The molecule has 1 aromatic heterocycles. The van der Waals surface area contributed by atoms with Gasteiger partial charge in [0.1, 0.15) is 5.69 Å². The van der Waals surface area contributed by atoms with Crippen LogP contribution >= 0.6 is 0 Å². The Labute approximate surface area is 179 Å². The fraction of sp³-hybridized carbons (Fsp3) is 0.261. The van der Waals surface area contributed by atoms with Gasteiger partial charge in [0.25, 0.3) is 17.6 Å². The first-order valence-electron chi connectivity index (χ1n) is 9.17. The Morgan fingerprint density at radius 2 is 1.77 bits per heavy atom. The highest BCUT2D eigenvalue weighted by molar-refractivity contribution is 6.43. The van der Waals surface area contributed by atoms with Crippen molar-refractivity contribution >= 4 is 23.3 Å². The molecule has 0 aliphatic heterocycles. The van der Waals surface area contributed by atoms with Crippen LogP contribution in [-0.4, -0.2) is 27.7 Å². The van der Waals surface area contributed by atoms with Crippen LogP contribution in [0.5, 0.6) is 0 Å². The number of nitrogens with zero attached hydrogens (tertiary/aromatic N) is 1. The monoisotopic (exact) mass is 425 g/mol. The van der Waals surface area contributed by atoms with Crippen LogP contribution in [0.25, 0.3) is 0 Å². The van der Waals surface area contributed by atoms with Crippen molar-refractivity contribution in [2.75, 3.05) is 5.32 Å². The van der Waals surface area contributed by atoms with E-state index in [1.54, 1.807) is 20.8 Å². The lowest BCUT2D eigenvalue weighted by Gasteiger charge is -2.18. The van der Waals surface area contributed by atoms with Gasteiger partial charge in [-0.2, -0.15) is 0 Å². The molecule has 0 atom stereocenters. The number of hydrogen-bond acceptors (Lipinski definition) is 3. The van der Waals surface area contributed by atoms with Crippen LogP contribution < -0.4 is 10.6 Å². The standard InChI is InChI=1S/C23H21F2N3O3/c1-7-11-28-14(4)18(20(29)22(31)27-23(5,6)8-2)13(3)19(28)21(30)26-15-9-10-16(24)17(25)12-15/h1-2,9-10,12H,11H2,3-6H3,(H,26,30)(H,27,31). The summed E-state index contributed by atoms with van der Waals surface area (Å²) in [7, 11) is 0. The lowest BCUT2D eigenvalue weighted by Crippen LogP contribution is -2.45. The number of amides is 2. The summed E-state index contributed by atoms with van der Waals surface area (Å²) in [6.45, 7) is 6.10. The van der Waals surface area contributed by atoms with Crippen LogP contribution in [0.4, 0.5) is 14.5 Å². The second kappa shape index (κ2) is 8.85. The topological polar surface area (TPSA) is 80.2 Å². The molecule has 2 amide bonds. The zero-order valence-corrected chi connectivity index (χ0v) is 17.5. The number of carbonyl (C=O) groups excluding carboxylic acids is 3. The SMILES string of the molecule is C#CCn1c(C)c(C(=O)C(=O)NC(C)(C)C#C)c(C)c1C(=O)Nc1ccc(F)c(F)c1. The number of carbonyl (C=O) groups is 3. The minimum atomic E-state index is -1.13. The maximum Gasteiger partial charge on any atom is 0.293 e. The highest BCUT2D eigenvalue weighted by Gasteiger charge is 2.31. The molecule has 8 heteroatoms. The van der Waals surface area contributed by atoms with Gasteiger partial charge in [-0.1, -0.05) is 11.8 Å². The summed E-state index contributed by atoms with van der Waals surface area (Å²) in [6.07, 6.45) is 10.8. The number of anilines is 1. The smallest absolute Gasteiger partial charge is 0.293 e. The third kappa shape index (κ3) is 4.81. The molecule has 0 saturated heterocycles. The predicted octanol–water partition coefficient (Wildman–Crippen LogP) is 2.98. The molecule has 0 fully saturated rings. The van der Waals surface area contributed by atoms with Crippen molar-refractivity contribution in [1.82, 2.24) is 9.88 Å². The van der Waals surface area contributed by atoms with E-state index in [2.05, 4.69) is 22.5 Å². The molecule has 2 aromatic rings. The summed E-state index contributed by atoms with van der Waals surface area (Å²) in [5.74, 6) is 0.0481. The van der Waals surface area contributed by atoms with E-state index < -0.39 is 34.8 Å². The van der Waals surface area contributed by atoms with E-state index in [1.807, 2.05) is 0 Å². The van der Waals surface area contributed by atoms with Gasteiger partial charge in [-0.15, -0.1) is 12.8 Å². The van der Waals surface area contributed by atoms with Gasteiger partial charge < -0.3 is 15.2 Å². The van der Waals surface area contributed by atoms with E-state index >= 15 is 0 Å². The first-order chi connectivity index (χ1) is 14.4. The number of nitrogens with one attached hydrogen (secondary N) is 2. The zero-order valence-electron chi connectivity index (χ0n) is 17.5. The van der Waals surface area contributed by atoms with Crippen LogP contribution in [0.2, 0.25) is 0 Å². The van der Waals surface area contributed by atoms with Crippen LogP contribution in [0.1, 0.15) is 46.0 Å². The Hall–Kier alpha value is -3.91.